The zero-order valence-electron chi connectivity index (χ0n) is 7.84. The van der Waals surface area contributed by atoms with Gasteiger partial charge in [0.25, 0.3) is 0 Å². The van der Waals surface area contributed by atoms with Gasteiger partial charge in [0, 0.05) is 0 Å². The molecule has 0 aliphatic heterocycles. The van der Waals surface area contributed by atoms with E-state index in [0.717, 1.165) is 0 Å². The molecule has 80 valence electrons. The summed E-state index contributed by atoms with van der Waals surface area (Å²) < 4.78 is 4.58. The first-order valence-corrected chi connectivity index (χ1v) is 5.22. The minimum absolute atomic E-state index is 0.139. The molecule has 0 spiro atoms. The topological polar surface area (TPSA) is 72.5 Å². The average Bonchev–Trinajstić information content (AvgIpc) is 2.15. The molecule has 0 unspecified atom stereocenters. The molecule has 0 saturated carbocycles. The highest BCUT2D eigenvalue weighted by Crippen LogP contribution is 1.89. The monoisotopic (exact) mass is 265 g/mol. The van der Waals surface area contributed by atoms with Crippen LogP contribution in [-0.2, 0) is 19.1 Å². The van der Waals surface area contributed by atoms with Gasteiger partial charge in [-0.05, 0) is 6.92 Å². The van der Waals surface area contributed by atoms with Crippen LogP contribution < -0.4 is 5.32 Å². The van der Waals surface area contributed by atoms with Crippen LogP contribution in [0, 0.1) is 0 Å². The molecule has 5 nitrogen and oxygen atoms in total. The number of Topliss-reactive ketones (excluding diaryl/α,β-unsaturated/α-hetero) is 1. The lowest BCUT2D eigenvalue weighted by Crippen LogP contribution is -2.32. The number of rotatable bonds is 6. The van der Waals surface area contributed by atoms with Gasteiger partial charge in [-0.25, -0.2) is 0 Å². The van der Waals surface area contributed by atoms with Crippen LogP contribution in [-0.4, -0.2) is 36.1 Å². The number of ketones is 1. The van der Waals surface area contributed by atoms with Crippen LogP contribution >= 0.6 is 15.9 Å². The van der Waals surface area contributed by atoms with Crippen LogP contribution in [0.4, 0.5) is 0 Å². The van der Waals surface area contributed by atoms with E-state index in [0.29, 0.717) is 0 Å². The van der Waals surface area contributed by atoms with Crippen molar-refractivity contribution in [1.29, 1.82) is 0 Å². The molecule has 0 aliphatic rings. The molecule has 0 rings (SSSR count). The highest BCUT2D eigenvalue weighted by Gasteiger charge is 2.09. The maximum atomic E-state index is 11.0. The quantitative estimate of drug-likeness (QED) is 0.418. The van der Waals surface area contributed by atoms with E-state index in [-0.39, 0.29) is 30.7 Å². The maximum absolute atomic E-state index is 11.0. The summed E-state index contributed by atoms with van der Waals surface area (Å²) in [7, 11) is 0. The maximum Gasteiger partial charge on any atom is 0.325 e. The fourth-order valence-corrected chi connectivity index (χ4v) is 0.870. The van der Waals surface area contributed by atoms with Gasteiger partial charge < -0.3 is 10.1 Å². The van der Waals surface area contributed by atoms with E-state index in [2.05, 4.69) is 26.0 Å². The fraction of sp³-hybridized carbons (Fsp3) is 0.625. The largest absolute Gasteiger partial charge is 0.465 e. The van der Waals surface area contributed by atoms with Gasteiger partial charge in [-0.1, -0.05) is 15.9 Å². The van der Waals surface area contributed by atoms with Crippen molar-refractivity contribution >= 4 is 33.6 Å². The lowest BCUT2D eigenvalue weighted by atomic mass is 10.3. The summed E-state index contributed by atoms with van der Waals surface area (Å²) in [6.45, 7) is 1.76. The van der Waals surface area contributed by atoms with Crippen molar-refractivity contribution in [2.75, 3.05) is 18.5 Å². The van der Waals surface area contributed by atoms with E-state index >= 15 is 0 Å². The normalized spacial score (nSPS) is 9.29. The zero-order chi connectivity index (χ0) is 11.0. The molecule has 0 aromatic carbocycles. The van der Waals surface area contributed by atoms with Gasteiger partial charge in [-0.3, -0.25) is 14.4 Å². The molecule has 14 heavy (non-hydrogen) atoms. The van der Waals surface area contributed by atoms with E-state index in [9.17, 15) is 14.4 Å². The molecule has 0 heterocycles. The summed E-state index contributed by atoms with van der Waals surface area (Å²) in [5, 5.41) is 2.42. The molecule has 0 aromatic rings. The molecule has 1 N–H and O–H groups in total. The first-order chi connectivity index (χ1) is 6.60. The molecule has 0 bridgehead atoms. The Hall–Kier alpha value is -0.910. The van der Waals surface area contributed by atoms with Crippen molar-refractivity contribution < 1.29 is 19.1 Å². The van der Waals surface area contributed by atoms with E-state index in [4.69, 9.17) is 0 Å². The number of hydrogen-bond donors (Lipinski definition) is 1. The second kappa shape index (κ2) is 7.49. The predicted octanol–water partition coefficient (Wildman–Crippen LogP) is 0.0198. The fourth-order valence-electron chi connectivity index (χ4n) is 0.672. The van der Waals surface area contributed by atoms with Crippen LogP contribution in [0.2, 0.25) is 0 Å². The molecule has 0 saturated heterocycles. The highest BCUT2D eigenvalue weighted by molar-refractivity contribution is 9.09. The van der Waals surface area contributed by atoms with E-state index in [1.54, 1.807) is 6.92 Å². The number of halogens is 1. The summed E-state index contributed by atoms with van der Waals surface area (Å²) in [5.41, 5.74) is 0. The van der Waals surface area contributed by atoms with Gasteiger partial charge in [-0.2, -0.15) is 0 Å². The Labute approximate surface area is 90.3 Å². The van der Waals surface area contributed by atoms with Crippen LogP contribution in [0.5, 0.6) is 0 Å². The summed E-state index contributed by atoms with van der Waals surface area (Å²) >= 11 is 2.93. The lowest BCUT2D eigenvalue weighted by Gasteiger charge is -2.03. The van der Waals surface area contributed by atoms with Gasteiger partial charge in [0.15, 0.2) is 5.78 Å². The summed E-state index contributed by atoms with van der Waals surface area (Å²) in [4.78, 5) is 32.5. The average molecular weight is 266 g/mol. The third-order valence-corrected chi connectivity index (χ3v) is 1.87. The predicted molar refractivity (Wildman–Crippen MR) is 53.1 cm³/mol. The van der Waals surface area contributed by atoms with Gasteiger partial charge in [0.05, 0.1) is 18.4 Å². The van der Waals surface area contributed by atoms with E-state index in [1.165, 1.54) is 0 Å². The Morgan fingerprint density at radius 2 is 2.00 bits per heavy atom. The molecular weight excluding hydrogens is 254 g/mol. The minimum Gasteiger partial charge on any atom is -0.465 e. The molecule has 0 aromatic heterocycles. The first kappa shape index (κ1) is 13.1. The summed E-state index contributed by atoms with van der Waals surface area (Å²) in [5.74, 6) is -1.21. The van der Waals surface area contributed by atoms with Crippen LogP contribution in [0.3, 0.4) is 0 Å². The van der Waals surface area contributed by atoms with Crippen LogP contribution in [0.25, 0.3) is 0 Å². The smallest absolute Gasteiger partial charge is 0.325 e. The molecule has 1 amide bonds. The Kier molecular flexibility index (Phi) is 7.00. The SMILES string of the molecule is CCOC(=O)CNC(=O)CC(=O)CBr. The van der Waals surface area contributed by atoms with Crippen molar-refractivity contribution in [1.82, 2.24) is 5.32 Å². The summed E-state index contributed by atoms with van der Waals surface area (Å²) in [6, 6.07) is 0. The van der Waals surface area contributed by atoms with Gasteiger partial charge in [0.2, 0.25) is 5.91 Å². The van der Waals surface area contributed by atoms with Crippen molar-refractivity contribution in [2.45, 2.75) is 13.3 Å². The molecule has 0 radical (unpaired) electrons. The van der Waals surface area contributed by atoms with E-state index < -0.39 is 11.9 Å². The lowest BCUT2D eigenvalue weighted by molar-refractivity contribution is -0.143. The number of amides is 1. The molecule has 0 aliphatic carbocycles. The number of hydrogen-bond acceptors (Lipinski definition) is 4. The number of alkyl halides is 1. The Bertz CT molecular complexity index is 229. The minimum atomic E-state index is -0.507. The molecule has 0 fully saturated rings. The zero-order valence-corrected chi connectivity index (χ0v) is 9.43. The number of esters is 1. The van der Waals surface area contributed by atoms with Gasteiger partial charge >= 0.3 is 5.97 Å². The van der Waals surface area contributed by atoms with E-state index in [1.807, 2.05) is 0 Å². The third-order valence-electron chi connectivity index (χ3n) is 1.24. The Morgan fingerprint density at radius 3 is 2.50 bits per heavy atom. The number of ether oxygens (including phenoxy) is 1. The first-order valence-electron chi connectivity index (χ1n) is 4.10. The van der Waals surface area contributed by atoms with Crippen molar-refractivity contribution in [3.8, 4) is 0 Å². The van der Waals surface area contributed by atoms with Crippen LogP contribution in [0.1, 0.15) is 13.3 Å². The molecular formula is C8H12BrNO4. The van der Waals surface area contributed by atoms with Crippen molar-refractivity contribution in [3.63, 3.8) is 0 Å². The Balaban J connectivity index is 3.63. The number of carbonyl (C=O) groups is 3. The van der Waals surface area contributed by atoms with Gasteiger partial charge in [0.1, 0.15) is 6.54 Å². The summed E-state index contributed by atoms with van der Waals surface area (Å²) in [6.07, 6.45) is -0.218. The third kappa shape index (κ3) is 6.59. The molecule has 0 atom stereocenters. The number of carbonyl (C=O) groups excluding carboxylic acids is 3. The van der Waals surface area contributed by atoms with Crippen LogP contribution in [0.15, 0.2) is 0 Å². The van der Waals surface area contributed by atoms with Crippen molar-refractivity contribution in [3.05, 3.63) is 0 Å². The standard InChI is InChI=1S/C8H12BrNO4/c1-2-14-8(13)5-10-7(12)3-6(11)4-9/h2-5H2,1H3,(H,10,12). The number of nitrogens with one attached hydrogen (secondary N) is 1. The van der Waals surface area contributed by atoms with Crippen molar-refractivity contribution in [2.24, 2.45) is 0 Å². The second-order valence-corrected chi connectivity index (χ2v) is 2.99. The molecule has 6 heteroatoms. The van der Waals surface area contributed by atoms with Gasteiger partial charge in [-0.15, -0.1) is 0 Å². The Morgan fingerprint density at radius 1 is 1.36 bits per heavy atom. The highest BCUT2D eigenvalue weighted by atomic mass is 79.9. The second-order valence-electron chi connectivity index (χ2n) is 2.43.